The molecule has 3 heteroatoms. The van der Waals surface area contributed by atoms with E-state index < -0.39 is 0 Å². The second-order valence-electron chi connectivity index (χ2n) is 6.62. The van der Waals surface area contributed by atoms with Crippen molar-refractivity contribution in [1.29, 1.82) is 0 Å². The molecule has 2 atom stereocenters. The molecule has 1 aromatic heterocycles. The Morgan fingerprint density at radius 1 is 1.24 bits per heavy atom. The van der Waals surface area contributed by atoms with Gasteiger partial charge in [-0.05, 0) is 36.8 Å². The van der Waals surface area contributed by atoms with Crippen LogP contribution in [-0.2, 0) is 7.05 Å². The number of nitrogens with zero attached hydrogens (tertiary/aromatic N) is 2. The van der Waals surface area contributed by atoms with Crippen molar-refractivity contribution in [1.82, 2.24) is 9.78 Å². The molecule has 0 amide bonds. The predicted molar refractivity (Wildman–Crippen MR) is 85.5 cm³/mol. The summed E-state index contributed by atoms with van der Waals surface area (Å²) in [5.74, 6) is 1.99. The van der Waals surface area contributed by atoms with Crippen LogP contribution in [0.5, 0.6) is 5.75 Å². The third kappa shape index (κ3) is 2.25. The van der Waals surface area contributed by atoms with E-state index in [0.29, 0.717) is 23.5 Å². The number of hydrogen-bond acceptors (Lipinski definition) is 2. The van der Waals surface area contributed by atoms with Gasteiger partial charge in [-0.25, -0.2) is 0 Å². The van der Waals surface area contributed by atoms with Gasteiger partial charge in [-0.15, -0.1) is 0 Å². The number of benzene rings is 1. The van der Waals surface area contributed by atoms with Crippen molar-refractivity contribution in [2.75, 3.05) is 0 Å². The molecule has 0 spiro atoms. The zero-order valence-corrected chi connectivity index (χ0v) is 13.3. The Kier molecular flexibility index (Phi) is 3.52. The first-order valence-corrected chi connectivity index (χ1v) is 7.85. The lowest BCUT2D eigenvalue weighted by Crippen LogP contribution is -2.19. The van der Waals surface area contributed by atoms with Crippen LogP contribution < -0.4 is 0 Å². The van der Waals surface area contributed by atoms with E-state index in [2.05, 4.69) is 20.8 Å². The molecule has 0 radical (unpaired) electrons. The molecule has 0 saturated heterocycles. The highest BCUT2D eigenvalue weighted by Crippen LogP contribution is 2.46. The lowest BCUT2D eigenvalue weighted by Gasteiger charge is -2.30. The zero-order valence-electron chi connectivity index (χ0n) is 13.3. The van der Waals surface area contributed by atoms with Crippen LogP contribution in [-0.4, -0.2) is 14.9 Å². The van der Waals surface area contributed by atoms with E-state index in [9.17, 15) is 5.11 Å². The number of aryl methyl sites for hydroxylation is 1. The summed E-state index contributed by atoms with van der Waals surface area (Å²) >= 11 is 0. The van der Waals surface area contributed by atoms with Gasteiger partial charge in [0.1, 0.15) is 5.75 Å². The maximum Gasteiger partial charge on any atom is 0.125 e. The van der Waals surface area contributed by atoms with Crippen molar-refractivity contribution < 1.29 is 5.11 Å². The molecule has 3 rings (SSSR count). The van der Waals surface area contributed by atoms with Gasteiger partial charge in [-0.1, -0.05) is 32.9 Å². The highest BCUT2D eigenvalue weighted by molar-refractivity contribution is 5.71. The molecule has 0 saturated carbocycles. The molecule has 0 unspecified atom stereocenters. The van der Waals surface area contributed by atoms with Crippen LogP contribution in [0.4, 0.5) is 0 Å². The minimum Gasteiger partial charge on any atom is -0.507 e. The van der Waals surface area contributed by atoms with Gasteiger partial charge in [0, 0.05) is 29.8 Å². The zero-order chi connectivity index (χ0) is 15.1. The Balaban J connectivity index is 2.22. The van der Waals surface area contributed by atoms with Gasteiger partial charge >= 0.3 is 0 Å². The molecule has 1 aromatic carbocycles. The quantitative estimate of drug-likeness (QED) is 0.886. The van der Waals surface area contributed by atoms with E-state index in [1.54, 1.807) is 6.07 Å². The minimum absolute atomic E-state index is 0.317. The van der Waals surface area contributed by atoms with Crippen molar-refractivity contribution in [3.8, 4) is 17.0 Å². The van der Waals surface area contributed by atoms with Crippen molar-refractivity contribution in [2.45, 2.75) is 45.4 Å². The Morgan fingerprint density at radius 2 is 1.95 bits per heavy atom. The predicted octanol–water partition coefficient (Wildman–Crippen LogP) is 4.43. The average Bonchev–Trinajstić information content (AvgIpc) is 2.78. The summed E-state index contributed by atoms with van der Waals surface area (Å²) in [5, 5.41) is 14.9. The van der Waals surface area contributed by atoms with Crippen molar-refractivity contribution in [3.05, 3.63) is 35.5 Å². The molecule has 21 heavy (non-hydrogen) atoms. The van der Waals surface area contributed by atoms with Crippen LogP contribution in [0.2, 0.25) is 0 Å². The highest BCUT2D eigenvalue weighted by Gasteiger charge is 2.33. The molecule has 1 aliphatic carbocycles. The SMILES string of the molecule is CC(C)[C@@H]1CC[C@@H](C)c2c(-c3ccccc3O)nn(C)c21. The van der Waals surface area contributed by atoms with Crippen molar-refractivity contribution >= 4 is 0 Å². The summed E-state index contributed by atoms with van der Waals surface area (Å²) in [6.45, 7) is 6.86. The van der Waals surface area contributed by atoms with Gasteiger partial charge in [0.05, 0.1) is 5.69 Å². The molecule has 2 aromatic rings. The van der Waals surface area contributed by atoms with Crippen molar-refractivity contribution in [2.24, 2.45) is 13.0 Å². The molecular weight excluding hydrogens is 260 g/mol. The largest absolute Gasteiger partial charge is 0.507 e. The molecule has 1 aliphatic rings. The van der Waals surface area contributed by atoms with Crippen LogP contribution in [0.1, 0.15) is 56.7 Å². The van der Waals surface area contributed by atoms with E-state index in [0.717, 1.165) is 11.3 Å². The average molecular weight is 284 g/mol. The van der Waals surface area contributed by atoms with Gasteiger partial charge < -0.3 is 5.11 Å². The number of aromatic hydroxyl groups is 1. The Bertz CT molecular complexity index is 657. The molecule has 3 nitrogen and oxygen atoms in total. The smallest absolute Gasteiger partial charge is 0.125 e. The summed E-state index contributed by atoms with van der Waals surface area (Å²) in [5.41, 5.74) is 4.51. The Morgan fingerprint density at radius 3 is 2.62 bits per heavy atom. The molecule has 1 N–H and O–H groups in total. The van der Waals surface area contributed by atoms with Gasteiger partial charge in [-0.3, -0.25) is 4.68 Å². The third-order valence-corrected chi connectivity index (χ3v) is 4.85. The number of rotatable bonds is 2. The lowest BCUT2D eigenvalue weighted by molar-refractivity contribution is 0.390. The summed E-state index contributed by atoms with van der Waals surface area (Å²) in [6.07, 6.45) is 2.42. The number of hydrogen-bond donors (Lipinski definition) is 1. The minimum atomic E-state index is 0.317. The topological polar surface area (TPSA) is 38.1 Å². The first kappa shape index (κ1) is 14.2. The highest BCUT2D eigenvalue weighted by atomic mass is 16.3. The summed E-state index contributed by atoms with van der Waals surface area (Å²) in [6, 6.07) is 7.52. The Hall–Kier alpha value is -1.77. The van der Waals surface area contributed by atoms with Crippen LogP contribution >= 0.6 is 0 Å². The standard InChI is InChI=1S/C18H24N2O/c1-11(2)13-10-9-12(3)16-17(19-20(4)18(13)16)14-7-5-6-8-15(14)21/h5-8,11-13,21H,9-10H2,1-4H3/t12-,13+/m1/s1. The summed E-state index contributed by atoms with van der Waals surface area (Å²) in [4.78, 5) is 0. The molecule has 0 fully saturated rings. The van der Waals surface area contributed by atoms with Crippen LogP contribution in [0.15, 0.2) is 24.3 Å². The van der Waals surface area contributed by atoms with E-state index >= 15 is 0 Å². The Labute approximate surface area is 126 Å². The maximum absolute atomic E-state index is 10.2. The second-order valence-corrected chi connectivity index (χ2v) is 6.62. The first-order valence-electron chi connectivity index (χ1n) is 7.85. The number of phenolic OH excluding ortho intramolecular Hbond substituents is 1. The van der Waals surface area contributed by atoms with E-state index in [1.165, 1.54) is 24.1 Å². The van der Waals surface area contributed by atoms with Crippen LogP contribution in [0.25, 0.3) is 11.3 Å². The second kappa shape index (κ2) is 5.21. The van der Waals surface area contributed by atoms with E-state index in [1.807, 2.05) is 29.9 Å². The summed E-state index contributed by atoms with van der Waals surface area (Å²) in [7, 11) is 2.04. The molecular formula is C18H24N2O. The number of para-hydroxylation sites is 1. The lowest BCUT2D eigenvalue weighted by atomic mass is 9.75. The van der Waals surface area contributed by atoms with Gasteiger partial charge in [0.25, 0.3) is 0 Å². The molecule has 0 bridgehead atoms. The summed E-state index contributed by atoms with van der Waals surface area (Å²) < 4.78 is 2.04. The number of fused-ring (bicyclic) bond motifs is 1. The van der Waals surface area contributed by atoms with Gasteiger partial charge in [-0.2, -0.15) is 5.10 Å². The number of aromatic nitrogens is 2. The number of phenols is 1. The molecule has 1 heterocycles. The van der Waals surface area contributed by atoms with Gasteiger partial charge in [0.2, 0.25) is 0 Å². The van der Waals surface area contributed by atoms with E-state index in [4.69, 9.17) is 5.10 Å². The van der Waals surface area contributed by atoms with Crippen molar-refractivity contribution in [3.63, 3.8) is 0 Å². The first-order chi connectivity index (χ1) is 10.0. The monoisotopic (exact) mass is 284 g/mol. The fourth-order valence-electron chi connectivity index (χ4n) is 3.71. The fourth-order valence-corrected chi connectivity index (χ4v) is 3.71. The van der Waals surface area contributed by atoms with Crippen LogP contribution in [0, 0.1) is 5.92 Å². The third-order valence-electron chi connectivity index (χ3n) is 4.85. The van der Waals surface area contributed by atoms with Gasteiger partial charge in [0.15, 0.2) is 0 Å². The normalized spacial score (nSPS) is 21.6. The molecule has 112 valence electrons. The van der Waals surface area contributed by atoms with Crippen LogP contribution in [0.3, 0.4) is 0 Å². The molecule has 0 aliphatic heterocycles. The maximum atomic E-state index is 10.2. The van der Waals surface area contributed by atoms with E-state index in [-0.39, 0.29) is 0 Å². The fraction of sp³-hybridized carbons (Fsp3) is 0.500.